The van der Waals surface area contributed by atoms with E-state index in [0.29, 0.717) is 0 Å². The van der Waals surface area contributed by atoms with Crippen LogP contribution in [0.1, 0.15) is 51.3 Å². The average molecular weight is 392 g/mol. The number of hydrogen-bond donors (Lipinski definition) is 0. The maximum absolute atomic E-state index is 8.49. The van der Waals surface area contributed by atoms with Gasteiger partial charge in [-0.25, -0.2) is 18.6 Å². The highest BCUT2D eigenvalue weighted by molar-refractivity contribution is 6.07. The molecule has 1 aliphatic rings. The van der Waals surface area contributed by atoms with Gasteiger partial charge < -0.3 is 0 Å². The van der Waals surface area contributed by atoms with Crippen LogP contribution in [0.25, 0.3) is 0 Å². The van der Waals surface area contributed by atoms with Crippen LogP contribution < -0.4 is 18.6 Å². The predicted octanol–water partition coefficient (Wildman–Crippen LogP) is 0.282. The lowest BCUT2D eigenvalue weighted by molar-refractivity contribution is -2.00. The second kappa shape index (κ2) is 7.34. The van der Waals surface area contributed by atoms with Crippen LogP contribution in [0, 0.1) is 10.2 Å². The molecule has 0 saturated carbocycles. The molecule has 146 valence electrons. The smallest absolute Gasteiger partial charge is 0.209 e. The summed E-state index contributed by atoms with van der Waals surface area (Å²) in [5.41, 5.74) is 7.05. The Kier molecular flexibility index (Phi) is 5.85. The van der Waals surface area contributed by atoms with Gasteiger partial charge in [0.15, 0.2) is 5.71 Å². The molecule has 0 amide bonds. The van der Waals surface area contributed by atoms with Gasteiger partial charge in [0.1, 0.15) is 7.05 Å². The van der Waals surface area contributed by atoms with E-state index < -0.39 is 10.2 Å². The van der Waals surface area contributed by atoms with E-state index in [1.54, 1.807) is 0 Å². The summed E-state index contributed by atoms with van der Waals surface area (Å²) in [4.78, 5) is 0. The zero-order chi connectivity index (χ0) is 20.6. The lowest BCUT2D eigenvalue weighted by Gasteiger charge is -2.21. The van der Waals surface area contributed by atoms with Crippen molar-refractivity contribution in [2.75, 3.05) is 7.05 Å². The summed E-state index contributed by atoms with van der Waals surface area (Å²) in [5.74, 6) is 0. The molecule has 0 bridgehead atoms. The van der Waals surface area contributed by atoms with Crippen molar-refractivity contribution in [3.05, 3.63) is 65.2 Å². The van der Waals surface area contributed by atoms with Crippen molar-refractivity contribution in [3.63, 3.8) is 0 Å². The summed E-state index contributed by atoms with van der Waals surface area (Å²) in [5, 5.41) is 0. The fraction of sp³-hybridized carbons (Fsp3) is 0.381. The maximum Gasteiger partial charge on any atom is 0.209 e. The van der Waals surface area contributed by atoms with Crippen LogP contribution in [0.4, 0.5) is 5.69 Å². The Morgan fingerprint density at radius 3 is 1.78 bits per heavy atom. The highest BCUT2D eigenvalue weighted by Crippen LogP contribution is 2.40. The summed E-state index contributed by atoms with van der Waals surface area (Å²) in [7, 11) is -2.76. The molecule has 0 aromatic heterocycles. The van der Waals surface area contributed by atoms with Crippen molar-refractivity contribution in [2.24, 2.45) is 0 Å². The molecule has 3 rings (SSSR count). The number of rotatable bonds is 1. The SMILES string of the molecule is C[N+]1=C(c2ccc(C(C)(C)C)cc2)C(C)(C)c2ccccc21.[O-][Cl+3]([O-])([O-])[O-]. The highest BCUT2D eigenvalue weighted by atomic mass is 35.7. The van der Waals surface area contributed by atoms with Crippen LogP contribution in [0.5, 0.6) is 0 Å². The zero-order valence-corrected chi connectivity index (χ0v) is 17.3. The third-order valence-corrected chi connectivity index (χ3v) is 4.89. The van der Waals surface area contributed by atoms with E-state index in [9.17, 15) is 0 Å². The third-order valence-electron chi connectivity index (χ3n) is 4.89. The summed E-state index contributed by atoms with van der Waals surface area (Å²) < 4.78 is 36.3. The number of nitrogens with zero attached hydrogens (tertiary/aromatic N) is 1. The molecule has 0 fully saturated rings. The minimum absolute atomic E-state index is 0.0363. The lowest BCUT2D eigenvalue weighted by Crippen LogP contribution is -2.68. The van der Waals surface area contributed by atoms with Gasteiger partial charge in [0.25, 0.3) is 0 Å². The van der Waals surface area contributed by atoms with Crippen LogP contribution in [0.15, 0.2) is 48.5 Å². The number of hydrogen-bond acceptors (Lipinski definition) is 4. The topological polar surface area (TPSA) is 95.2 Å². The summed E-state index contributed by atoms with van der Waals surface area (Å²) in [6, 6.07) is 17.8. The molecule has 0 unspecified atom stereocenters. The molecule has 0 N–H and O–H groups in total. The fourth-order valence-electron chi connectivity index (χ4n) is 3.64. The van der Waals surface area contributed by atoms with Gasteiger partial charge in [-0.05, 0) is 37.0 Å². The quantitative estimate of drug-likeness (QED) is 0.652. The van der Waals surface area contributed by atoms with E-state index in [2.05, 4.69) is 94.8 Å². The van der Waals surface area contributed by atoms with Crippen molar-refractivity contribution in [1.29, 1.82) is 0 Å². The van der Waals surface area contributed by atoms with Crippen molar-refractivity contribution in [3.8, 4) is 0 Å². The van der Waals surface area contributed by atoms with E-state index in [0.717, 1.165) is 0 Å². The first-order valence-corrected chi connectivity index (χ1v) is 9.89. The monoisotopic (exact) mass is 391 g/mol. The molecule has 2 aromatic rings. The molecule has 1 aliphatic heterocycles. The Bertz CT molecular complexity index is 838. The Balaban J connectivity index is 0.000000465. The van der Waals surface area contributed by atoms with E-state index in [4.69, 9.17) is 18.6 Å². The third kappa shape index (κ3) is 4.94. The maximum atomic E-state index is 8.49. The largest absolute Gasteiger partial charge is 0.222 e. The van der Waals surface area contributed by atoms with Gasteiger partial charge in [0.05, 0.1) is 5.41 Å². The predicted molar refractivity (Wildman–Crippen MR) is 94.6 cm³/mol. The second-order valence-corrected chi connectivity index (χ2v) is 9.01. The minimum Gasteiger partial charge on any atom is -0.222 e. The molecule has 2 aromatic carbocycles. The first kappa shape index (κ1) is 21.5. The summed E-state index contributed by atoms with van der Waals surface area (Å²) in [6.45, 7) is 11.4. The Hall–Kier alpha value is -1.76. The number of benzene rings is 2. The molecule has 0 spiro atoms. The van der Waals surface area contributed by atoms with Crippen LogP contribution in [-0.2, 0) is 10.8 Å². The van der Waals surface area contributed by atoms with Crippen molar-refractivity contribution in [1.82, 2.24) is 0 Å². The van der Waals surface area contributed by atoms with Gasteiger partial charge >= 0.3 is 0 Å². The number of halogens is 1. The van der Waals surface area contributed by atoms with Crippen molar-refractivity contribution < 1.29 is 33.5 Å². The first-order chi connectivity index (χ1) is 12.2. The lowest BCUT2D eigenvalue weighted by atomic mass is 9.78. The zero-order valence-electron chi connectivity index (χ0n) is 16.6. The fourth-order valence-corrected chi connectivity index (χ4v) is 3.64. The van der Waals surface area contributed by atoms with Gasteiger partial charge in [-0.3, -0.25) is 0 Å². The molecule has 0 atom stereocenters. The molecule has 0 aliphatic carbocycles. The average Bonchev–Trinajstić information content (AvgIpc) is 2.72. The Morgan fingerprint density at radius 2 is 1.33 bits per heavy atom. The van der Waals surface area contributed by atoms with Gasteiger partial charge in [-0.1, -0.05) is 51.1 Å². The van der Waals surface area contributed by atoms with Gasteiger partial charge in [0.2, 0.25) is 5.69 Å². The Morgan fingerprint density at radius 1 is 0.852 bits per heavy atom. The van der Waals surface area contributed by atoms with Crippen LogP contribution in [0.3, 0.4) is 0 Å². The van der Waals surface area contributed by atoms with Crippen LogP contribution >= 0.6 is 0 Å². The molecule has 0 radical (unpaired) electrons. The molecule has 1 heterocycles. The number of fused-ring (bicyclic) bond motifs is 1. The second-order valence-electron chi connectivity index (χ2n) is 8.26. The minimum atomic E-state index is -4.94. The standard InChI is InChI=1S/C21H26N.ClHO4/c1-20(2,3)16-13-11-15(12-14-16)19-21(4,5)17-9-7-8-10-18(17)22(19)6;2-1(3,4)5/h7-14H,1-6H3;(H,2,3,4,5)/q+1;/p-1. The van der Waals surface area contributed by atoms with Crippen molar-refractivity contribution >= 4 is 11.4 Å². The van der Waals surface area contributed by atoms with Gasteiger partial charge in [0, 0.05) is 17.2 Å². The van der Waals surface area contributed by atoms with Crippen LogP contribution in [-0.4, -0.2) is 17.3 Å². The Labute approximate surface area is 163 Å². The van der Waals surface area contributed by atoms with E-state index in [-0.39, 0.29) is 10.8 Å². The van der Waals surface area contributed by atoms with Crippen molar-refractivity contribution in [2.45, 2.75) is 45.4 Å². The molecule has 27 heavy (non-hydrogen) atoms. The normalized spacial score (nSPS) is 15.9. The molecule has 6 heteroatoms. The molecular weight excluding hydrogens is 366 g/mol. The van der Waals surface area contributed by atoms with Gasteiger partial charge in [-0.2, -0.15) is 4.58 Å². The molecule has 5 nitrogen and oxygen atoms in total. The molecular formula is C21H26ClNO4. The summed E-state index contributed by atoms with van der Waals surface area (Å²) in [6.07, 6.45) is 0. The highest BCUT2D eigenvalue weighted by Gasteiger charge is 2.44. The summed E-state index contributed by atoms with van der Waals surface area (Å²) >= 11 is 0. The van der Waals surface area contributed by atoms with E-state index >= 15 is 0 Å². The number of para-hydroxylation sites is 1. The first-order valence-electron chi connectivity index (χ1n) is 8.66. The van der Waals surface area contributed by atoms with E-state index in [1.807, 2.05) is 0 Å². The van der Waals surface area contributed by atoms with Crippen LogP contribution in [0.2, 0.25) is 0 Å². The van der Waals surface area contributed by atoms with Gasteiger partial charge in [-0.15, -0.1) is 10.2 Å². The van der Waals surface area contributed by atoms with E-state index in [1.165, 1.54) is 28.1 Å². The molecule has 0 saturated heterocycles.